The van der Waals surface area contributed by atoms with Crippen molar-refractivity contribution >= 4 is 5.88 Å². The summed E-state index contributed by atoms with van der Waals surface area (Å²) in [6, 6.07) is 10.0. The van der Waals surface area contributed by atoms with Gasteiger partial charge in [0.25, 0.3) is 0 Å². The van der Waals surface area contributed by atoms with Crippen LogP contribution in [0.15, 0.2) is 34.9 Å². The SMILES string of the molecule is COCC1(c2ccccc2-c2cc(N)on2)CC1. The summed E-state index contributed by atoms with van der Waals surface area (Å²) < 4.78 is 10.3. The van der Waals surface area contributed by atoms with Crippen molar-refractivity contribution in [2.75, 3.05) is 19.5 Å². The number of anilines is 1. The molecule has 3 rings (SSSR count). The maximum absolute atomic E-state index is 5.60. The Hall–Kier alpha value is -1.81. The molecule has 0 atom stereocenters. The van der Waals surface area contributed by atoms with E-state index in [4.69, 9.17) is 15.0 Å². The minimum atomic E-state index is 0.152. The fourth-order valence-electron chi connectivity index (χ4n) is 2.50. The van der Waals surface area contributed by atoms with E-state index in [1.807, 2.05) is 6.07 Å². The predicted molar refractivity (Wildman–Crippen MR) is 69.1 cm³/mol. The first-order valence-electron chi connectivity index (χ1n) is 6.06. The molecule has 1 aliphatic rings. The summed E-state index contributed by atoms with van der Waals surface area (Å²) >= 11 is 0. The molecule has 1 aromatic heterocycles. The van der Waals surface area contributed by atoms with Gasteiger partial charge in [-0.15, -0.1) is 0 Å². The van der Waals surface area contributed by atoms with E-state index in [2.05, 4.69) is 23.4 Å². The van der Waals surface area contributed by atoms with Gasteiger partial charge in [0, 0.05) is 24.2 Å². The zero-order chi connectivity index (χ0) is 12.6. The molecule has 94 valence electrons. The second-order valence-corrected chi connectivity index (χ2v) is 4.87. The number of methoxy groups -OCH3 is 1. The van der Waals surface area contributed by atoms with Gasteiger partial charge in [0.2, 0.25) is 5.88 Å². The smallest absolute Gasteiger partial charge is 0.222 e. The molecule has 4 nitrogen and oxygen atoms in total. The van der Waals surface area contributed by atoms with Gasteiger partial charge in [0.05, 0.1) is 6.61 Å². The summed E-state index contributed by atoms with van der Waals surface area (Å²) in [6.07, 6.45) is 2.32. The van der Waals surface area contributed by atoms with E-state index in [-0.39, 0.29) is 5.41 Å². The van der Waals surface area contributed by atoms with Crippen molar-refractivity contribution in [2.45, 2.75) is 18.3 Å². The van der Waals surface area contributed by atoms with Gasteiger partial charge >= 0.3 is 0 Å². The molecular weight excluding hydrogens is 228 g/mol. The Balaban J connectivity index is 2.06. The number of hydrogen-bond donors (Lipinski definition) is 1. The van der Waals surface area contributed by atoms with Crippen LogP contribution in [0.5, 0.6) is 0 Å². The van der Waals surface area contributed by atoms with Crippen LogP contribution in [-0.2, 0) is 10.2 Å². The van der Waals surface area contributed by atoms with Gasteiger partial charge in [0.15, 0.2) is 0 Å². The molecule has 0 amide bonds. The van der Waals surface area contributed by atoms with E-state index in [0.29, 0.717) is 5.88 Å². The maximum Gasteiger partial charge on any atom is 0.222 e. The van der Waals surface area contributed by atoms with Crippen molar-refractivity contribution < 1.29 is 9.26 Å². The highest BCUT2D eigenvalue weighted by molar-refractivity contribution is 5.67. The minimum absolute atomic E-state index is 0.152. The second-order valence-electron chi connectivity index (χ2n) is 4.87. The Kier molecular flexibility index (Phi) is 2.59. The van der Waals surface area contributed by atoms with Crippen molar-refractivity contribution in [2.24, 2.45) is 0 Å². The Labute approximate surface area is 106 Å². The predicted octanol–water partition coefficient (Wildman–Crippen LogP) is 2.60. The lowest BCUT2D eigenvalue weighted by Crippen LogP contribution is -2.15. The molecule has 0 bridgehead atoms. The molecular formula is C14H16N2O2. The second kappa shape index (κ2) is 4.14. The van der Waals surface area contributed by atoms with Gasteiger partial charge < -0.3 is 15.0 Å². The number of hydrogen-bond acceptors (Lipinski definition) is 4. The van der Waals surface area contributed by atoms with Crippen molar-refractivity contribution in [3.63, 3.8) is 0 Å². The molecule has 0 spiro atoms. The lowest BCUT2D eigenvalue weighted by Gasteiger charge is -2.17. The van der Waals surface area contributed by atoms with E-state index < -0.39 is 0 Å². The zero-order valence-corrected chi connectivity index (χ0v) is 10.3. The van der Waals surface area contributed by atoms with Crippen molar-refractivity contribution in [1.82, 2.24) is 5.16 Å². The molecule has 18 heavy (non-hydrogen) atoms. The summed E-state index contributed by atoms with van der Waals surface area (Å²) in [7, 11) is 1.75. The van der Waals surface area contributed by atoms with Crippen LogP contribution in [0, 0.1) is 0 Å². The van der Waals surface area contributed by atoms with Crippen LogP contribution in [-0.4, -0.2) is 18.9 Å². The summed E-state index contributed by atoms with van der Waals surface area (Å²) in [5, 5.41) is 4.01. The Morgan fingerprint density at radius 2 is 2.17 bits per heavy atom. The average Bonchev–Trinajstić information content (AvgIpc) is 3.04. The molecule has 2 aromatic rings. The summed E-state index contributed by atoms with van der Waals surface area (Å²) in [4.78, 5) is 0. The first kappa shape index (κ1) is 11.3. The number of benzene rings is 1. The lowest BCUT2D eigenvalue weighted by atomic mass is 9.90. The summed E-state index contributed by atoms with van der Waals surface area (Å²) in [6.45, 7) is 0.747. The van der Waals surface area contributed by atoms with Gasteiger partial charge in [-0.05, 0) is 18.4 Å². The number of aromatic nitrogens is 1. The highest BCUT2D eigenvalue weighted by Gasteiger charge is 2.45. The molecule has 4 heteroatoms. The molecule has 2 N–H and O–H groups in total. The molecule has 1 aliphatic carbocycles. The maximum atomic E-state index is 5.60. The van der Waals surface area contributed by atoms with Gasteiger partial charge in [0.1, 0.15) is 5.69 Å². The zero-order valence-electron chi connectivity index (χ0n) is 10.3. The molecule has 0 radical (unpaired) electrons. The number of nitrogens with two attached hydrogens (primary N) is 1. The standard InChI is InChI=1S/C14H16N2O2/c1-17-9-14(6-7-14)11-5-3-2-4-10(11)12-8-13(15)18-16-12/h2-5,8H,6-7,9,15H2,1H3. The van der Waals surface area contributed by atoms with Crippen LogP contribution in [0.2, 0.25) is 0 Å². The number of ether oxygens (including phenoxy) is 1. The minimum Gasteiger partial charge on any atom is -0.384 e. The summed E-state index contributed by atoms with van der Waals surface area (Å²) in [5.41, 5.74) is 8.91. The van der Waals surface area contributed by atoms with E-state index in [1.54, 1.807) is 13.2 Å². The number of rotatable bonds is 4. The van der Waals surface area contributed by atoms with Crippen LogP contribution in [0.1, 0.15) is 18.4 Å². The number of nitrogens with zero attached hydrogens (tertiary/aromatic N) is 1. The molecule has 1 saturated carbocycles. The van der Waals surface area contributed by atoms with Crippen LogP contribution >= 0.6 is 0 Å². The van der Waals surface area contributed by atoms with Crippen LogP contribution in [0.4, 0.5) is 5.88 Å². The average molecular weight is 244 g/mol. The van der Waals surface area contributed by atoms with Crippen molar-refractivity contribution in [3.8, 4) is 11.3 Å². The highest BCUT2D eigenvalue weighted by atomic mass is 16.5. The lowest BCUT2D eigenvalue weighted by molar-refractivity contribution is 0.171. The first-order valence-corrected chi connectivity index (χ1v) is 6.06. The fraction of sp³-hybridized carbons (Fsp3) is 0.357. The van der Waals surface area contributed by atoms with E-state index in [0.717, 1.165) is 30.7 Å². The third-order valence-electron chi connectivity index (χ3n) is 3.58. The summed E-state index contributed by atoms with van der Waals surface area (Å²) in [5.74, 6) is 0.344. The largest absolute Gasteiger partial charge is 0.384 e. The van der Waals surface area contributed by atoms with Crippen molar-refractivity contribution in [3.05, 3.63) is 35.9 Å². The molecule has 1 fully saturated rings. The molecule has 1 heterocycles. The third-order valence-corrected chi connectivity index (χ3v) is 3.58. The topological polar surface area (TPSA) is 61.3 Å². The van der Waals surface area contributed by atoms with Gasteiger partial charge in [-0.3, -0.25) is 0 Å². The Bertz CT molecular complexity index is 558. The first-order chi connectivity index (χ1) is 8.75. The van der Waals surface area contributed by atoms with Crippen molar-refractivity contribution in [1.29, 1.82) is 0 Å². The van der Waals surface area contributed by atoms with E-state index in [1.165, 1.54) is 5.56 Å². The van der Waals surface area contributed by atoms with Gasteiger partial charge in [-0.1, -0.05) is 29.4 Å². The Morgan fingerprint density at radius 3 is 2.78 bits per heavy atom. The third kappa shape index (κ3) is 1.78. The monoisotopic (exact) mass is 244 g/mol. The van der Waals surface area contributed by atoms with E-state index >= 15 is 0 Å². The molecule has 0 unspecified atom stereocenters. The highest BCUT2D eigenvalue weighted by Crippen LogP contribution is 2.51. The van der Waals surface area contributed by atoms with Crippen LogP contribution in [0.25, 0.3) is 11.3 Å². The molecule has 0 saturated heterocycles. The Morgan fingerprint density at radius 1 is 1.39 bits per heavy atom. The van der Waals surface area contributed by atoms with E-state index in [9.17, 15) is 0 Å². The quantitative estimate of drug-likeness (QED) is 0.898. The molecule has 0 aliphatic heterocycles. The fourth-order valence-corrected chi connectivity index (χ4v) is 2.50. The van der Waals surface area contributed by atoms with Gasteiger partial charge in [-0.25, -0.2) is 0 Å². The molecule has 1 aromatic carbocycles. The normalized spacial score (nSPS) is 16.7. The number of nitrogen functional groups attached to an aromatic ring is 1. The van der Waals surface area contributed by atoms with Crippen LogP contribution < -0.4 is 5.73 Å². The van der Waals surface area contributed by atoms with Crippen LogP contribution in [0.3, 0.4) is 0 Å². The van der Waals surface area contributed by atoms with Gasteiger partial charge in [-0.2, -0.15) is 0 Å².